The maximum atomic E-state index is 12.9. The summed E-state index contributed by atoms with van der Waals surface area (Å²) >= 11 is 0. The molecule has 1 fully saturated rings. The van der Waals surface area contributed by atoms with Gasteiger partial charge in [-0.15, -0.1) is 0 Å². The fourth-order valence-electron chi connectivity index (χ4n) is 3.14. The molecule has 2 aromatic carbocycles. The van der Waals surface area contributed by atoms with Gasteiger partial charge < -0.3 is 19.3 Å². The van der Waals surface area contributed by atoms with Crippen LogP contribution in [0.3, 0.4) is 0 Å². The van der Waals surface area contributed by atoms with Gasteiger partial charge in [-0.3, -0.25) is 4.79 Å². The summed E-state index contributed by atoms with van der Waals surface area (Å²) < 4.78 is 54.7. The third kappa shape index (κ3) is 4.22. The summed E-state index contributed by atoms with van der Waals surface area (Å²) in [4.78, 5) is 11.1. The summed E-state index contributed by atoms with van der Waals surface area (Å²) in [5.41, 5.74) is -0.224. The van der Waals surface area contributed by atoms with Crippen molar-refractivity contribution in [3.63, 3.8) is 0 Å². The quantitative estimate of drug-likeness (QED) is 0.765. The number of hydrogen-bond donors (Lipinski definition) is 1. The van der Waals surface area contributed by atoms with Crippen LogP contribution in [0.15, 0.2) is 42.5 Å². The van der Waals surface area contributed by atoms with E-state index in [0.29, 0.717) is 24.7 Å². The van der Waals surface area contributed by atoms with Crippen LogP contribution in [0.25, 0.3) is 0 Å². The van der Waals surface area contributed by atoms with Crippen LogP contribution in [0.5, 0.6) is 11.5 Å². The molecule has 1 N–H and O–H groups in total. The van der Waals surface area contributed by atoms with Gasteiger partial charge in [0, 0.05) is 5.56 Å². The number of hydrogen-bond acceptors (Lipinski definition) is 4. The Labute approximate surface area is 159 Å². The van der Waals surface area contributed by atoms with Crippen molar-refractivity contribution in [1.82, 2.24) is 0 Å². The zero-order valence-corrected chi connectivity index (χ0v) is 15.1. The molecule has 28 heavy (non-hydrogen) atoms. The van der Waals surface area contributed by atoms with Crippen molar-refractivity contribution in [2.45, 2.75) is 24.6 Å². The number of carboxylic acid groups (broad SMARTS) is 1. The Morgan fingerprint density at radius 3 is 2.36 bits per heavy atom. The zero-order valence-electron chi connectivity index (χ0n) is 15.1. The third-order valence-corrected chi connectivity index (χ3v) is 4.72. The van der Waals surface area contributed by atoms with Crippen molar-refractivity contribution in [3.05, 3.63) is 59.2 Å². The van der Waals surface area contributed by atoms with Crippen LogP contribution in [-0.2, 0) is 27.7 Å². The van der Waals surface area contributed by atoms with Crippen LogP contribution in [0, 0.1) is 0 Å². The highest BCUT2D eigenvalue weighted by Crippen LogP contribution is 2.37. The first-order valence-electron chi connectivity index (χ1n) is 8.50. The molecule has 0 bridgehead atoms. The largest absolute Gasteiger partial charge is 0.496 e. The predicted molar refractivity (Wildman–Crippen MR) is 93.5 cm³/mol. The molecule has 2 aromatic rings. The Morgan fingerprint density at radius 1 is 1.18 bits per heavy atom. The molecule has 3 rings (SSSR count). The highest BCUT2D eigenvalue weighted by Gasteiger charge is 2.42. The van der Waals surface area contributed by atoms with Gasteiger partial charge in [-0.1, -0.05) is 12.1 Å². The monoisotopic (exact) mass is 396 g/mol. The number of methoxy groups -OCH3 is 1. The molecule has 0 spiro atoms. The summed E-state index contributed by atoms with van der Waals surface area (Å²) in [5.74, 6) is -0.147. The standard InChI is InChI=1S/C20H19F3O5/c1-26-17-7-4-15(20(21,22)23)8-13(17)10-28-16-5-2-14(3-6-16)19(9-18(24)25)11-27-12-19/h2-8H,9-12H2,1H3,(H,24,25). The summed E-state index contributed by atoms with van der Waals surface area (Å²) in [6.07, 6.45) is -4.49. The molecule has 0 saturated carbocycles. The summed E-state index contributed by atoms with van der Waals surface area (Å²) in [6.45, 7) is 0.567. The fraction of sp³-hybridized carbons (Fsp3) is 0.350. The van der Waals surface area contributed by atoms with E-state index >= 15 is 0 Å². The average Bonchev–Trinajstić information content (AvgIpc) is 2.62. The maximum Gasteiger partial charge on any atom is 0.416 e. The lowest BCUT2D eigenvalue weighted by Gasteiger charge is -2.40. The van der Waals surface area contributed by atoms with Gasteiger partial charge in [0.25, 0.3) is 0 Å². The number of halogens is 3. The summed E-state index contributed by atoms with van der Waals surface area (Å²) in [7, 11) is 1.38. The Morgan fingerprint density at radius 2 is 1.86 bits per heavy atom. The molecule has 5 nitrogen and oxygen atoms in total. The lowest BCUT2D eigenvalue weighted by Crippen LogP contribution is -2.48. The second-order valence-corrected chi connectivity index (χ2v) is 6.68. The topological polar surface area (TPSA) is 65.0 Å². The Hall–Kier alpha value is -2.74. The molecule has 0 aliphatic carbocycles. The Kier molecular flexibility index (Phi) is 5.51. The van der Waals surface area contributed by atoms with Crippen LogP contribution in [0.4, 0.5) is 13.2 Å². The first kappa shape index (κ1) is 20.0. The number of ether oxygens (including phenoxy) is 3. The van der Waals surface area contributed by atoms with Gasteiger partial charge in [-0.25, -0.2) is 0 Å². The fourth-order valence-corrected chi connectivity index (χ4v) is 3.14. The molecule has 0 amide bonds. The number of benzene rings is 2. The normalized spacial score (nSPS) is 15.6. The van der Waals surface area contributed by atoms with Crippen molar-refractivity contribution in [2.75, 3.05) is 20.3 Å². The van der Waals surface area contributed by atoms with Gasteiger partial charge in [0.15, 0.2) is 0 Å². The number of rotatable bonds is 7. The number of aliphatic carboxylic acids is 1. The van der Waals surface area contributed by atoms with Gasteiger partial charge in [0.2, 0.25) is 0 Å². The maximum absolute atomic E-state index is 12.9. The SMILES string of the molecule is COc1ccc(C(F)(F)F)cc1COc1ccc(C2(CC(=O)O)COC2)cc1. The molecule has 1 aliphatic heterocycles. The Balaban J connectivity index is 1.72. The highest BCUT2D eigenvalue weighted by molar-refractivity contribution is 5.69. The number of carboxylic acids is 1. The minimum Gasteiger partial charge on any atom is -0.496 e. The van der Waals surface area contributed by atoms with Crippen LogP contribution < -0.4 is 9.47 Å². The minimum absolute atomic E-state index is 0.0331. The molecular formula is C20H19F3O5. The molecule has 1 aliphatic rings. The van der Waals surface area contributed by atoms with Crippen molar-refractivity contribution < 1.29 is 37.3 Å². The first-order valence-corrected chi connectivity index (χ1v) is 8.50. The van der Waals surface area contributed by atoms with Crippen molar-refractivity contribution in [2.24, 2.45) is 0 Å². The van der Waals surface area contributed by atoms with Crippen LogP contribution in [0.2, 0.25) is 0 Å². The average molecular weight is 396 g/mol. The van der Waals surface area contributed by atoms with E-state index in [1.54, 1.807) is 24.3 Å². The van der Waals surface area contributed by atoms with E-state index in [9.17, 15) is 18.0 Å². The first-order chi connectivity index (χ1) is 13.2. The van der Waals surface area contributed by atoms with Crippen molar-refractivity contribution >= 4 is 5.97 Å². The third-order valence-electron chi connectivity index (χ3n) is 4.72. The zero-order chi connectivity index (χ0) is 20.4. The van der Waals surface area contributed by atoms with E-state index in [-0.39, 0.29) is 18.6 Å². The van der Waals surface area contributed by atoms with E-state index in [1.807, 2.05) is 0 Å². The molecule has 1 heterocycles. The number of carbonyl (C=O) groups is 1. The molecule has 1 saturated heterocycles. The predicted octanol–water partition coefficient (Wildman–Crippen LogP) is 4.04. The van der Waals surface area contributed by atoms with Gasteiger partial charge in [-0.05, 0) is 35.9 Å². The summed E-state index contributed by atoms with van der Waals surface area (Å²) in [5, 5.41) is 9.10. The van der Waals surface area contributed by atoms with E-state index in [0.717, 1.165) is 17.7 Å². The second-order valence-electron chi connectivity index (χ2n) is 6.68. The van der Waals surface area contributed by atoms with Crippen LogP contribution >= 0.6 is 0 Å². The smallest absolute Gasteiger partial charge is 0.416 e. The molecule has 0 radical (unpaired) electrons. The number of alkyl halides is 3. The van der Waals surface area contributed by atoms with Crippen LogP contribution in [-0.4, -0.2) is 31.4 Å². The highest BCUT2D eigenvalue weighted by atomic mass is 19.4. The molecule has 150 valence electrons. The van der Waals surface area contributed by atoms with Crippen molar-refractivity contribution in [1.29, 1.82) is 0 Å². The van der Waals surface area contributed by atoms with Crippen molar-refractivity contribution in [3.8, 4) is 11.5 Å². The van der Waals surface area contributed by atoms with E-state index < -0.39 is 23.1 Å². The minimum atomic E-state index is -4.45. The lowest BCUT2D eigenvalue weighted by atomic mass is 9.76. The second kappa shape index (κ2) is 7.71. The van der Waals surface area contributed by atoms with E-state index in [1.165, 1.54) is 13.2 Å². The van der Waals surface area contributed by atoms with Crippen LogP contribution in [0.1, 0.15) is 23.1 Å². The Bertz CT molecular complexity index is 842. The van der Waals surface area contributed by atoms with Gasteiger partial charge >= 0.3 is 12.1 Å². The van der Waals surface area contributed by atoms with E-state index in [4.69, 9.17) is 19.3 Å². The molecular weight excluding hydrogens is 377 g/mol. The summed E-state index contributed by atoms with van der Waals surface area (Å²) in [6, 6.07) is 10.1. The lowest BCUT2D eigenvalue weighted by molar-refractivity contribution is -0.145. The van der Waals surface area contributed by atoms with Gasteiger partial charge in [-0.2, -0.15) is 13.2 Å². The molecule has 0 atom stereocenters. The molecule has 0 aromatic heterocycles. The van der Waals surface area contributed by atoms with Gasteiger partial charge in [0.1, 0.15) is 18.1 Å². The van der Waals surface area contributed by atoms with E-state index in [2.05, 4.69) is 0 Å². The van der Waals surface area contributed by atoms with Gasteiger partial charge in [0.05, 0.1) is 37.7 Å². The molecule has 0 unspecified atom stereocenters. The molecule has 8 heteroatoms.